The van der Waals surface area contributed by atoms with Crippen LogP contribution in [0, 0.1) is 0 Å². The van der Waals surface area contributed by atoms with Gasteiger partial charge in [-0.3, -0.25) is 0 Å². The number of alkyl halides is 3. The fraction of sp³-hybridized carbons (Fsp3) is 0.333. The van der Waals surface area contributed by atoms with E-state index < -0.39 is 18.7 Å². The molecule has 4 nitrogen and oxygen atoms in total. The van der Waals surface area contributed by atoms with Crippen molar-refractivity contribution in [3.63, 3.8) is 0 Å². The maximum Gasteiger partial charge on any atom is 0.414 e. The van der Waals surface area contributed by atoms with Gasteiger partial charge >= 0.3 is 6.18 Å². The molecule has 1 aromatic heterocycles. The van der Waals surface area contributed by atoms with Crippen LogP contribution in [0.5, 0.6) is 0 Å². The Hall–Kier alpha value is -1.54. The minimum Gasteiger partial charge on any atom is -0.383 e. The lowest BCUT2D eigenvalue weighted by molar-refractivity contribution is -0.204. The van der Waals surface area contributed by atoms with Crippen molar-refractivity contribution in [3.8, 4) is 11.4 Å². The van der Waals surface area contributed by atoms with Crippen molar-refractivity contribution >= 4 is 11.8 Å². The number of rotatable bonds is 4. The van der Waals surface area contributed by atoms with Crippen molar-refractivity contribution in [3.05, 3.63) is 30.2 Å². The lowest BCUT2D eigenvalue weighted by Crippen LogP contribution is -2.30. The van der Waals surface area contributed by atoms with Gasteiger partial charge in [0, 0.05) is 10.5 Å². The number of benzene rings is 1. The molecule has 8 heteroatoms. The Morgan fingerprint density at radius 3 is 2.50 bits per heavy atom. The lowest BCUT2D eigenvalue weighted by atomic mass is 10.2. The predicted molar refractivity (Wildman–Crippen MR) is 67.3 cm³/mol. The number of aromatic nitrogens is 2. The van der Waals surface area contributed by atoms with Crippen molar-refractivity contribution in [1.29, 1.82) is 0 Å². The van der Waals surface area contributed by atoms with Crippen molar-refractivity contribution in [2.24, 2.45) is 0 Å². The van der Waals surface area contributed by atoms with E-state index in [1.165, 1.54) is 0 Å². The Morgan fingerprint density at radius 2 is 1.95 bits per heavy atom. The predicted octanol–water partition coefficient (Wildman–Crippen LogP) is 2.92. The van der Waals surface area contributed by atoms with E-state index in [2.05, 4.69) is 10.1 Å². The molecule has 0 aliphatic carbocycles. The van der Waals surface area contributed by atoms with E-state index in [-0.39, 0.29) is 11.7 Å². The van der Waals surface area contributed by atoms with Crippen molar-refractivity contribution in [2.45, 2.75) is 23.6 Å². The SMILES string of the molecule is CSc1ccc(-c2noc(CC(O)C(F)(F)F)n2)cc1. The molecular formula is C12H11F3N2O2S. The van der Waals surface area contributed by atoms with Crippen LogP contribution < -0.4 is 0 Å². The van der Waals surface area contributed by atoms with E-state index in [0.29, 0.717) is 5.56 Å². The Labute approximate surface area is 117 Å². The molecule has 0 radical (unpaired) electrons. The zero-order chi connectivity index (χ0) is 14.8. The molecular weight excluding hydrogens is 293 g/mol. The van der Waals surface area contributed by atoms with Crippen LogP contribution in [0.3, 0.4) is 0 Å². The summed E-state index contributed by atoms with van der Waals surface area (Å²) in [4.78, 5) is 4.89. The molecule has 0 saturated carbocycles. The van der Waals surface area contributed by atoms with Crippen LogP contribution >= 0.6 is 11.8 Å². The van der Waals surface area contributed by atoms with E-state index in [1.54, 1.807) is 23.9 Å². The van der Waals surface area contributed by atoms with Gasteiger partial charge < -0.3 is 9.63 Å². The molecule has 1 heterocycles. The summed E-state index contributed by atoms with van der Waals surface area (Å²) in [6.45, 7) is 0. The maximum absolute atomic E-state index is 12.2. The number of halogens is 3. The van der Waals surface area contributed by atoms with Gasteiger partial charge in [-0.25, -0.2) is 0 Å². The van der Waals surface area contributed by atoms with E-state index >= 15 is 0 Å². The fourth-order valence-corrected chi connectivity index (χ4v) is 1.88. The Kier molecular flexibility index (Phi) is 4.34. The average Bonchev–Trinajstić information content (AvgIpc) is 2.86. The molecule has 2 aromatic rings. The summed E-state index contributed by atoms with van der Waals surface area (Å²) < 4.78 is 41.3. The highest BCUT2D eigenvalue weighted by Crippen LogP contribution is 2.24. The van der Waals surface area contributed by atoms with Crippen molar-refractivity contribution < 1.29 is 22.8 Å². The molecule has 0 aliphatic rings. The average molecular weight is 304 g/mol. The standard InChI is InChI=1S/C12H11F3N2O2S/c1-20-8-4-2-7(3-5-8)11-16-10(19-17-11)6-9(18)12(13,14)15/h2-5,9,18H,6H2,1H3. The van der Waals surface area contributed by atoms with Gasteiger partial charge in [0.1, 0.15) is 0 Å². The first-order valence-electron chi connectivity index (χ1n) is 5.62. The molecule has 0 amide bonds. The van der Waals surface area contributed by atoms with E-state index in [9.17, 15) is 13.2 Å². The van der Waals surface area contributed by atoms with Gasteiger partial charge in [-0.1, -0.05) is 5.16 Å². The second-order valence-electron chi connectivity index (χ2n) is 4.00. The fourth-order valence-electron chi connectivity index (χ4n) is 1.48. The Morgan fingerprint density at radius 1 is 1.30 bits per heavy atom. The molecule has 0 fully saturated rings. The van der Waals surface area contributed by atoms with Gasteiger partial charge in [0.2, 0.25) is 11.7 Å². The van der Waals surface area contributed by atoms with Crippen molar-refractivity contribution in [1.82, 2.24) is 10.1 Å². The Balaban J connectivity index is 2.12. The molecule has 20 heavy (non-hydrogen) atoms. The molecule has 0 saturated heterocycles. The second kappa shape index (κ2) is 5.84. The summed E-state index contributed by atoms with van der Waals surface area (Å²) >= 11 is 1.57. The summed E-state index contributed by atoms with van der Waals surface area (Å²) in [5, 5.41) is 12.5. The molecule has 2 rings (SSSR count). The van der Waals surface area contributed by atoms with Gasteiger partial charge in [-0.05, 0) is 30.5 Å². The minimum absolute atomic E-state index is 0.196. The molecule has 1 unspecified atom stereocenters. The van der Waals surface area contributed by atoms with Crippen LogP contribution in [0.25, 0.3) is 11.4 Å². The molecule has 0 spiro atoms. The third-order valence-corrected chi connectivity index (χ3v) is 3.31. The maximum atomic E-state index is 12.2. The van der Waals surface area contributed by atoms with Crippen LogP contribution in [-0.2, 0) is 6.42 Å². The smallest absolute Gasteiger partial charge is 0.383 e. The zero-order valence-electron chi connectivity index (χ0n) is 10.4. The highest BCUT2D eigenvalue weighted by atomic mass is 32.2. The molecule has 0 aliphatic heterocycles. The third-order valence-electron chi connectivity index (χ3n) is 2.56. The summed E-state index contributed by atoms with van der Waals surface area (Å²) in [5.41, 5.74) is 0.638. The third kappa shape index (κ3) is 3.51. The van der Waals surface area contributed by atoms with Crippen LogP contribution in [0.15, 0.2) is 33.7 Å². The number of thioether (sulfide) groups is 1. The van der Waals surface area contributed by atoms with Crippen LogP contribution in [0.4, 0.5) is 13.2 Å². The van der Waals surface area contributed by atoms with Gasteiger partial charge in [-0.15, -0.1) is 11.8 Å². The topological polar surface area (TPSA) is 59.2 Å². The first kappa shape index (κ1) is 14.9. The number of hydrogen-bond donors (Lipinski definition) is 1. The summed E-state index contributed by atoms with van der Waals surface area (Å²) in [5.74, 6) is -0.0548. The normalized spacial score (nSPS) is 13.4. The van der Waals surface area contributed by atoms with Crippen LogP contribution in [-0.4, -0.2) is 33.8 Å². The number of hydrogen-bond acceptors (Lipinski definition) is 5. The summed E-state index contributed by atoms with van der Waals surface area (Å²) in [6.07, 6.45) is -6.02. The number of aliphatic hydroxyl groups is 1. The van der Waals surface area contributed by atoms with E-state index in [0.717, 1.165) is 4.90 Å². The van der Waals surface area contributed by atoms with Crippen LogP contribution in [0.2, 0.25) is 0 Å². The monoisotopic (exact) mass is 304 g/mol. The first-order valence-corrected chi connectivity index (χ1v) is 6.84. The minimum atomic E-state index is -4.70. The summed E-state index contributed by atoms with van der Waals surface area (Å²) in [7, 11) is 0. The van der Waals surface area contributed by atoms with Crippen molar-refractivity contribution in [2.75, 3.05) is 6.26 Å². The van der Waals surface area contributed by atoms with E-state index in [1.807, 2.05) is 18.4 Å². The highest BCUT2D eigenvalue weighted by Gasteiger charge is 2.39. The van der Waals surface area contributed by atoms with Gasteiger partial charge in [0.25, 0.3) is 0 Å². The van der Waals surface area contributed by atoms with Crippen LogP contribution in [0.1, 0.15) is 5.89 Å². The highest BCUT2D eigenvalue weighted by molar-refractivity contribution is 7.98. The lowest BCUT2D eigenvalue weighted by Gasteiger charge is -2.11. The molecule has 108 valence electrons. The van der Waals surface area contributed by atoms with E-state index in [4.69, 9.17) is 9.63 Å². The molecule has 1 aromatic carbocycles. The van der Waals surface area contributed by atoms with Gasteiger partial charge in [0.05, 0.1) is 6.42 Å². The quantitative estimate of drug-likeness (QED) is 0.880. The number of nitrogens with zero attached hydrogens (tertiary/aromatic N) is 2. The van der Waals surface area contributed by atoms with Gasteiger partial charge in [0.15, 0.2) is 6.10 Å². The first-order chi connectivity index (χ1) is 9.40. The Bertz CT molecular complexity index is 569. The second-order valence-corrected chi connectivity index (χ2v) is 4.88. The zero-order valence-corrected chi connectivity index (χ0v) is 11.2. The molecule has 1 N–H and O–H groups in total. The molecule has 0 bridgehead atoms. The summed E-state index contributed by atoms with van der Waals surface area (Å²) in [6, 6.07) is 7.20. The molecule has 1 atom stereocenters. The largest absolute Gasteiger partial charge is 0.414 e. The number of aliphatic hydroxyl groups excluding tert-OH is 1. The van der Waals surface area contributed by atoms with Gasteiger partial charge in [-0.2, -0.15) is 18.2 Å².